The van der Waals surface area contributed by atoms with E-state index in [1.165, 1.54) is 4.90 Å². The molecule has 2 rings (SSSR count). The van der Waals surface area contributed by atoms with E-state index >= 15 is 0 Å². The zero-order chi connectivity index (χ0) is 15.4. The third-order valence-corrected chi connectivity index (χ3v) is 4.40. The van der Waals surface area contributed by atoms with Crippen molar-refractivity contribution < 1.29 is 13.8 Å². The molecule has 1 aliphatic rings. The first-order valence-electron chi connectivity index (χ1n) is 6.94. The van der Waals surface area contributed by atoms with E-state index in [1.807, 2.05) is 30.3 Å². The average molecular weight is 308 g/mol. The molecule has 0 bridgehead atoms. The number of nitrogens with zero attached hydrogens (tertiary/aromatic N) is 1. The first kappa shape index (κ1) is 15.7. The van der Waals surface area contributed by atoms with E-state index in [1.54, 1.807) is 13.2 Å². The number of carbonyl (C=O) groups excluding carboxylic acids is 2. The zero-order valence-electron chi connectivity index (χ0n) is 12.2. The molecule has 1 aromatic rings. The molecule has 21 heavy (non-hydrogen) atoms. The second kappa shape index (κ2) is 6.85. The molecule has 1 aliphatic heterocycles. The monoisotopic (exact) mass is 308 g/mol. The Hall–Kier alpha value is -1.69. The van der Waals surface area contributed by atoms with Crippen molar-refractivity contribution in [3.63, 3.8) is 0 Å². The second-order valence-corrected chi connectivity index (χ2v) is 6.79. The molecule has 0 aliphatic carbocycles. The summed E-state index contributed by atoms with van der Waals surface area (Å²) >= 11 is 0. The Morgan fingerprint density at radius 1 is 1.24 bits per heavy atom. The first-order chi connectivity index (χ1) is 9.99. The highest BCUT2D eigenvalue weighted by molar-refractivity contribution is 7.84. The fourth-order valence-corrected chi connectivity index (χ4v) is 2.86. The molecule has 114 valence electrons. The fourth-order valence-electron chi connectivity index (χ4n) is 2.41. The molecule has 0 saturated carbocycles. The van der Waals surface area contributed by atoms with E-state index in [-0.39, 0.29) is 11.8 Å². The number of piperazine rings is 1. The maximum atomic E-state index is 12.5. The van der Waals surface area contributed by atoms with Crippen LogP contribution in [0.3, 0.4) is 0 Å². The molecular weight excluding hydrogens is 288 g/mol. The molecule has 1 fully saturated rings. The lowest BCUT2D eigenvalue weighted by Crippen LogP contribution is -2.63. The van der Waals surface area contributed by atoms with E-state index in [0.29, 0.717) is 18.7 Å². The maximum Gasteiger partial charge on any atom is 0.246 e. The quantitative estimate of drug-likeness (QED) is 0.852. The van der Waals surface area contributed by atoms with E-state index in [9.17, 15) is 13.8 Å². The van der Waals surface area contributed by atoms with Gasteiger partial charge in [-0.1, -0.05) is 30.3 Å². The lowest BCUT2D eigenvalue weighted by atomic mass is 10.0. The minimum absolute atomic E-state index is 0.101. The predicted molar refractivity (Wildman–Crippen MR) is 82.2 cm³/mol. The molecule has 3 atom stereocenters. The summed E-state index contributed by atoms with van der Waals surface area (Å²) in [5.74, 6) is 0.135. The van der Waals surface area contributed by atoms with Crippen molar-refractivity contribution in [1.82, 2.24) is 10.2 Å². The van der Waals surface area contributed by atoms with Gasteiger partial charge in [0.25, 0.3) is 0 Å². The molecule has 0 spiro atoms. The molecule has 0 aromatic heterocycles. The van der Waals surface area contributed by atoms with Gasteiger partial charge in [-0.05, 0) is 12.5 Å². The number of benzene rings is 1. The topological polar surface area (TPSA) is 66.5 Å². The number of hydrogen-bond acceptors (Lipinski definition) is 3. The number of hydrogen-bond donors (Lipinski definition) is 1. The summed E-state index contributed by atoms with van der Waals surface area (Å²) in [4.78, 5) is 26.1. The second-order valence-electron chi connectivity index (χ2n) is 5.24. The molecule has 1 N–H and O–H groups in total. The summed E-state index contributed by atoms with van der Waals surface area (Å²) in [5.41, 5.74) is 1.00. The summed E-state index contributed by atoms with van der Waals surface area (Å²) in [7, 11) is -0.983. The lowest BCUT2D eigenvalue weighted by molar-refractivity contribution is -0.148. The van der Waals surface area contributed by atoms with E-state index < -0.39 is 22.9 Å². The normalized spacial score (nSPS) is 23.8. The summed E-state index contributed by atoms with van der Waals surface area (Å²) in [6.45, 7) is 2.05. The number of amides is 2. The van der Waals surface area contributed by atoms with E-state index in [4.69, 9.17) is 0 Å². The van der Waals surface area contributed by atoms with Crippen LogP contribution in [-0.4, -0.2) is 51.6 Å². The van der Waals surface area contributed by atoms with Crippen LogP contribution in [0.15, 0.2) is 30.3 Å². The zero-order valence-corrected chi connectivity index (χ0v) is 13.1. The van der Waals surface area contributed by atoms with Crippen molar-refractivity contribution in [2.45, 2.75) is 25.4 Å². The van der Waals surface area contributed by atoms with Crippen LogP contribution in [0, 0.1) is 0 Å². The number of rotatable bonds is 5. The Bertz CT molecular complexity index is 547. The summed E-state index contributed by atoms with van der Waals surface area (Å²) in [6, 6.07) is 8.55. The van der Waals surface area contributed by atoms with Crippen LogP contribution >= 0.6 is 0 Å². The molecule has 5 nitrogen and oxygen atoms in total. The number of nitrogens with one attached hydrogen (secondary N) is 1. The van der Waals surface area contributed by atoms with Gasteiger partial charge in [-0.25, -0.2) is 0 Å². The number of carbonyl (C=O) groups is 2. The smallest absolute Gasteiger partial charge is 0.246 e. The highest BCUT2D eigenvalue weighted by Crippen LogP contribution is 2.13. The third-order valence-electron chi connectivity index (χ3n) is 3.65. The van der Waals surface area contributed by atoms with Crippen LogP contribution in [0.25, 0.3) is 0 Å². The van der Waals surface area contributed by atoms with Crippen molar-refractivity contribution >= 4 is 22.6 Å². The Morgan fingerprint density at radius 2 is 1.90 bits per heavy atom. The van der Waals surface area contributed by atoms with Gasteiger partial charge in [0, 0.05) is 35.8 Å². The van der Waals surface area contributed by atoms with Gasteiger partial charge in [0.1, 0.15) is 12.1 Å². The van der Waals surface area contributed by atoms with Crippen LogP contribution in [0.4, 0.5) is 0 Å². The van der Waals surface area contributed by atoms with Crippen LogP contribution in [-0.2, 0) is 26.8 Å². The lowest BCUT2D eigenvalue weighted by Gasteiger charge is -2.37. The Balaban J connectivity index is 2.10. The SMILES string of the molecule is CC1C(=O)NC(Cc2ccccc2)C(=O)N1CCS(C)=O. The molecule has 3 unspecified atom stereocenters. The summed E-state index contributed by atoms with van der Waals surface area (Å²) in [6.07, 6.45) is 2.07. The van der Waals surface area contributed by atoms with Crippen LogP contribution < -0.4 is 5.32 Å². The van der Waals surface area contributed by atoms with Crippen molar-refractivity contribution in [3.05, 3.63) is 35.9 Å². The van der Waals surface area contributed by atoms with Gasteiger partial charge in [-0.2, -0.15) is 0 Å². The standard InChI is InChI=1S/C15H20N2O3S/c1-11-14(18)16-13(10-12-6-4-3-5-7-12)15(19)17(11)8-9-21(2)20/h3-7,11,13H,8-10H2,1-2H3,(H,16,18). The highest BCUT2D eigenvalue weighted by Gasteiger charge is 2.37. The van der Waals surface area contributed by atoms with Gasteiger partial charge in [-0.3, -0.25) is 13.8 Å². The third kappa shape index (κ3) is 3.91. The van der Waals surface area contributed by atoms with Gasteiger partial charge in [0.2, 0.25) is 11.8 Å². The van der Waals surface area contributed by atoms with E-state index in [2.05, 4.69) is 5.32 Å². The van der Waals surface area contributed by atoms with Crippen LogP contribution in [0.5, 0.6) is 0 Å². The minimum Gasteiger partial charge on any atom is -0.342 e. The minimum atomic E-state index is -0.983. The molecule has 1 heterocycles. The van der Waals surface area contributed by atoms with Crippen LogP contribution in [0.1, 0.15) is 12.5 Å². The molecular formula is C15H20N2O3S. The van der Waals surface area contributed by atoms with Crippen LogP contribution in [0.2, 0.25) is 0 Å². The van der Waals surface area contributed by atoms with Crippen molar-refractivity contribution in [2.24, 2.45) is 0 Å². The van der Waals surface area contributed by atoms with Gasteiger partial charge < -0.3 is 10.2 Å². The summed E-state index contributed by atoms with van der Waals surface area (Å²) in [5, 5.41) is 2.78. The van der Waals surface area contributed by atoms with Crippen molar-refractivity contribution in [1.29, 1.82) is 0 Å². The largest absolute Gasteiger partial charge is 0.342 e. The highest BCUT2D eigenvalue weighted by atomic mass is 32.2. The Morgan fingerprint density at radius 3 is 2.52 bits per heavy atom. The molecule has 6 heteroatoms. The predicted octanol–water partition coefficient (Wildman–Crippen LogP) is 0.323. The Labute approximate surface area is 127 Å². The van der Waals surface area contributed by atoms with E-state index in [0.717, 1.165) is 5.56 Å². The average Bonchev–Trinajstić information content (AvgIpc) is 2.45. The maximum absolute atomic E-state index is 12.5. The fraction of sp³-hybridized carbons (Fsp3) is 0.467. The molecule has 1 saturated heterocycles. The van der Waals surface area contributed by atoms with Gasteiger partial charge in [0.15, 0.2) is 0 Å². The van der Waals surface area contributed by atoms with Gasteiger partial charge in [-0.15, -0.1) is 0 Å². The summed E-state index contributed by atoms with van der Waals surface area (Å²) < 4.78 is 11.2. The van der Waals surface area contributed by atoms with Gasteiger partial charge in [0.05, 0.1) is 0 Å². The Kier molecular flexibility index (Phi) is 5.12. The van der Waals surface area contributed by atoms with Crippen molar-refractivity contribution in [3.8, 4) is 0 Å². The van der Waals surface area contributed by atoms with Crippen molar-refractivity contribution in [2.75, 3.05) is 18.6 Å². The van der Waals surface area contributed by atoms with Gasteiger partial charge >= 0.3 is 0 Å². The first-order valence-corrected chi connectivity index (χ1v) is 8.66. The molecule has 0 radical (unpaired) electrons. The molecule has 2 amide bonds. The molecule has 1 aromatic carbocycles.